The van der Waals surface area contributed by atoms with Crippen molar-refractivity contribution in [3.63, 3.8) is 0 Å². The van der Waals surface area contributed by atoms with E-state index in [1.807, 2.05) is 0 Å². The van der Waals surface area contributed by atoms with E-state index in [0.717, 1.165) is 0 Å². The number of ether oxygens (including phenoxy) is 1. The summed E-state index contributed by atoms with van der Waals surface area (Å²) in [6.07, 6.45) is -0.347. The molecule has 1 aliphatic heterocycles. The maximum atomic E-state index is 11.5. The highest BCUT2D eigenvalue weighted by Gasteiger charge is 2.29. The van der Waals surface area contributed by atoms with E-state index in [-0.39, 0.29) is 6.61 Å². The number of hydrogen-bond donors (Lipinski definition) is 2. The predicted molar refractivity (Wildman–Crippen MR) is 67.4 cm³/mol. The Morgan fingerprint density at radius 3 is 3.00 bits per heavy atom. The number of amides is 1. The highest BCUT2D eigenvalue weighted by molar-refractivity contribution is 5.93. The van der Waals surface area contributed by atoms with Gasteiger partial charge in [-0.15, -0.1) is 0 Å². The molecule has 2 aromatic rings. The van der Waals surface area contributed by atoms with Crippen molar-refractivity contribution in [1.29, 1.82) is 0 Å². The van der Waals surface area contributed by atoms with Crippen molar-refractivity contribution < 1.29 is 19.1 Å². The number of carbonyl (C=O) groups excluding carboxylic acids is 1. The Bertz CT molecular complexity index is 734. The summed E-state index contributed by atoms with van der Waals surface area (Å²) >= 11 is 0. The number of aliphatic hydroxyl groups is 1. The number of rotatable bonds is 2. The number of anilines is 1. The molecule has 6 nitrogen and oxygen atoms in total. The van der Waals surface area contributed by atoms with Gasteiger partial charge in [-0.2, -0.15) is 0 Å². The lowest BCUT2D eigenvalue weighted by Crippen LogP contribution is -2.03. The number of fused-ring (bicyclic) bond motifs is 3. The topological polar surface area (TPSA) is 88.8 Å². The van der Waals surface area contributed by atoms with Gasteiger partial charge in [0.05, 0.1) is 11.3 Å². The van der Waals surface area contributed by atoms with Gasteiger partial charge in [-0.05, 0) is 18.6 Å². The first kappa shape index (κ1) is 11.7. The minimum absolute atomic E-state index is 0.0691. The quantitative estimate of drug-likeness (QED) is 0.624. The van der Waals surface area contributed by atoms with Crippen LogP contribution in [0.15, 0.2) is 21.3 Å². The van der Waals surface area contributed by atoms with Gasteiger partial charge in [-0.1, -0.05) is 0 Å². The average Bonchev–Trinajstić information content (AvgIpc) is 2.74. The minimum atomic E-state index is -0.879. The SMILES string of the molecule is Cc1cc(=O)oc2c3c(c(NC=O)cc12)OCC3O. The summed E-state index contributed by atoms with van der Waals surface area (Å²) in [6.45, 7) is 1.83. The van der Waals surface area contributed by atoms with Gasteiger partial charge in [0.1, 0.15) is 18.3 Å². The molecule has 1 aliphatic rings. The molecule has 1 aromatic heterocycles. The van der Waals surface area contributed by atoms with E-state index in [4.69, 9.17) is 9.15 Å². The van der Waals surface area contributed by atoms with E-state index in [1.165, 1.54) is 6.07 Å². The summed E-state index contributed by atoms with van der Waals surface area (Å²) in [4.78, 5) is 22.1. The summed E-state index contributed by atoms with van der Waals surface area (Å²) in [5.41, 5.74) is 1.39. The molecule has 1 aromatic carbocycles. The van der Waals surface area contributed by atoms with Crippen LogP contribution in [0.4, 0.5) is 5.69 Å². The fraction of sp³-hybridized carbons (Fsp3) is 0.231. The molecule has 3 rings (SSSR count). The number of hydrogen-bond acceptors (Lipinski definition) is 5. The number of aryl methyl sites for hydroxylation is 1. The molecule has 0 aliphatic carbocycles. The zero-order chi connectivity index (χ0) is 13.6. The third-order valence-electron chi connectivity index (χ3n) is 3.16. The standard InChI is InChI=1S/C13H11NO5/c1-6-2-10(17)19-12-7(6)3-8(14-5-15)13-11(12)9(16)4-18-13/h2-3,5,9,16H,4H2,1H3,(H,14,15). The van der Waals surface area contributed by atoms with Crippen LogP contribution in [-0.4, -0.2) is 18.1 Å². The summed E-state index contributed by atoms with van der Waals surface area (Å²) in [7, 11) is 0. The molecule has 2 heterocycles. The molecular formula is C13H11NO5. The molecule has 98 valence electrons. The van der Waals surface area contributed by atoms with Crippen LogP contribution in [0, 0.1) is 6.92 Å². The van der Waals surface area contributed by atoms with E-state index in [0.29, 0.717) is 39.9 Å². The number of benzene rings is 1. The van der Waals surface area contributed by atoms with Crippen LogP contribution in [0.5, 0.6) is 5.75 Å². The maximum Gasteiger partial charge on any atom is 0.336 e. The van der Waals surface area contributed by atoms with Gasteiger partial charge in [0.2, 0.25) is 6.41 Å². The highest BCUT2D eigenvalue weighted by Crippen LogP contribution is 2.43. The lowest BCUT2D eigenvalue weighted by Gasteiger charge is -2.10. The van der Waals surface area contributed by atoms with Crippen LogP contribution in [0.1, 0.15) is 17.2 Å². The van der Waals surface area contributed by atoms with Crippen molar-refractivity contribution in [2.45, 2.75) is 13.0 Å². The molecule has 0 radical (unpaired) electrons. The largest absolute Gasteiger partial charge is 0.488 e. The van der Waals surface area contributed by atoms with Crippen molar-refractivity contribution in [3.05, 3.63) is 33.7 Å². The minimum Gasteiger partial charge on any atom is -0.488 e. The van der Waals surface area contributed by atoms with Crippen LogP contribution < -0.4 is 15.7 Å². The smallest absolute Gasteiger partial charge is 0.336 e. The maximum absolute atomic E-state index is 11.5. The van der Waals surface area contributed by atoms with Gasteiger partial charge < -0.3 is 19.6 Å². The number of aliphatic hydroxyl groups excluding tert-OH is 1. The fourth-order valence-electron chi connectivity index (χ4n) is 2.33. The third kappa shape index (κ3) is 1.68. The van der Waals surface area contributed by atoms with Gasteiger partial charge in [0.15, 0.2) is 5.75 Å². The predicted octanol–water partition coefficient (Wildman–Crippen LogP) is 1.10. The number of carbonyl (C=O) groups is 1. The van der Waals surface area contributed by atoms with Gasteiger partial charge in [0.25, 0.3) is 0 Å². The second-order valence-electron chi connectivity index (χ2n) is 4.38. The zero-order valence-electron chi connectivity index (χ0n) is 10.1. The number of nitrogens with one attached hydrogen (secondary N) is 1. The van der Waals surface area contributed by atoms with E-state index >= 15 is 0 Å². The molecule has 19 heavy (non-hydrogen) atoms. The first-order chi connectivity index (χ1) is 9.11. The van der Waals surface area contributed by atoms with E-state index < -0.39 is 11.7 Å². The van der Waals surface area contributed by atoms with Gasteiger partial charge in [-0.25, -0.2) is 4.79 Å². The Morgan fingerprint density at radius 2 is 2.26 bits per heavy atom. The molecule has 0 fully saturated rings. The molecule has 1 unspecified atom stereocenters. The van der Waals surface area contributed by atoms with Crippen molar-refractivity contribution >= 4 is 23.1 Å². The molecule has 2 N–H and O–H groups in total. The monoisotopic (exact) mass is 261 g/mol. The molecule has 1 atom stereocenters. The highest BCUT2D eigenvalue weighted by atomic mass is 16.5. The average molecular weight is 261 g/mol. The summed E-state index contributed by atoms with van der Waals surface area (Å²) in [6, 6.07) is 3.03. The van der Waals surface area contributed by atoms with Gasteiger partial charge >= 0.3 is 5.63 Å². The normalized spacial score (nSPS) is 17.1. The Kier molecular flexibility index (Phi) is 2.53. The molecule has 0 saturated carbocycles. The first-order valence-electron chi connectivity index (χ1n) is 5.74. The Labute approximate surface area is 107 Å². The summed E-state index contributed by atoms with van der Waals surface area (Å²) in [5.74, 6) is 0.348. The second-order valence-corrected chi connectivity index (χ2v) is 4.38. The Morgan fingerprint density at radius 1 is 1.47 bits per heavy atom. The first-order valence-corrected chi connectivity index (χ1v) is 5.74. The Hall–Kier alpha value is -2.34. The van der Waals surface area contributed by atoms with Crippen molar-refractivity contribution in [3.8, 4) is 5.75 Å². The van der Waals surface area contributed by atoms with Crippen LogP contribution in [0.25, 0.3) is 11.0 Å². The Balaban J connectivity index is 2.44. The third-order valence-corrected chi connectivity index (χ3v) is 3.16. The van der Waals surface area contributed by atoms with E-state index in [2.05, 4.69) is 5.32 Å². The lowest BCUT2D eigenvalue weighted by atomic mass is 10.0. The van der Waals surface area contributed by atoms with E-state index in [9.17, 15) is 14.7 Å². The van der Waals surface area contributed by atoms with Crippen LogP contribution in [-0.2, 0) is 4.79 Å². The van der Waals surface area contributed by atoms with Crippen LogP contribution in [0.2, 0.25) is 0 Å². The molecule has 1 amide bonds. The molecule has 0 bridgehead atoms. The molecule has 6 heteroatoms. The second kappa shape index (κ2) is 4.10. The summed E-state index contributed by atoms with van der Waals surface area (Å²) < 4.78 is 10.5. The van der Waals surface area contributed by atoms with Gasteiger partial charge in [-0.3, -0.25) is 4.79 Å². The van der Waals surface area contributed by atoms with Crippen molar-refractivity contribution in [2.75, 3.05) is 11.9 Å². The van der Waals surface area contributed by atoms with Gasteiger partial charge in [0, 0.05) is 11.5 Å². The molecule has 0 saturated heterocycles. The lowest BCUT2D eigenvalue weighted by molar-refractivity contribution is -0.105. The zero-order valence-corrected chi connectivity index (χ0v) is 10.1. The molecular weight excluding hydrogens is 250 g/mol. The molecule has 0 spiro atoms. The van der Waals surface area contributed by atoms with Crippen molar-refractivity contribution in [1.82, 2.24) is 0 Å². The van der Waals surface area contributed by atoms with Crippen LogP contribution >= 0.6 is 0 Å². The van der Waals surface area contributed by atoms with Crippen LogP contribution in [0.3, 0.4) is 0 Å². The van der Waals surface area contributed by atoms with Crippen molar-refractivity contribution in [2.24, 2.45) is 0 Å². The summed E-state index contributed by atoms with van der Waals surface area (Å²) in [5, 5.41) is 13.1. The fourth-order valence-corrected chi connectivity index (χ4v) is 2.33. The van der Waals surface area contributed by atoms with E-state index in [1.54, 1.807) is 13.0 Å².